The Labute approximate surface area is 171 Å². The average Bonchev–Trinajstić information content (AvgIpc) is 2.61. The third kappa shape index (κ3) is 7.26. The lowest BCUT2D eigenvalue weighted by molar-refractivity contribution is -0.132. The summed E-state index contributed by atoms with van der Waals surface area (Å²) >= 11 is 0. The Morgan fingerprint density at radius 2 is 1.61 bits per heavy atom. The zero-order chi connectivity index (χ0) is 21.3. The van der Waals surface area contributed by atoms with Gasteiger partial charge in [-0.25, -0.2) is 0 Å². The van der Waals surface area contributed by atoms with E-state index in [0.717, 1.165) is 32.1 Å². The molecule has 0 fully saturated rings. The molecule has 0 aliphatic heterocycles. The number of allylic oxidation sites excluding steroid dienone is 7. The molecule has 1 aliphatic carbocycles. The summed E-state index contributed by atoms with van der Waals surface area (Å²) < 4.78 is 0. The van der Waals surface area contributed by atoms with Crippen molar-refractivity contribution in [2.24, 2.45) is 5.92 Å². The normalized spacial score (nSPS) is 15.8. The van der Waals surface area contributed by atoms with Crippen LogP contribution in [0.4, 0.5) is 0 Å². The summed E-state index contributed by atoms with van der Waals surface area (Å²) in [6.07, 6.45) is 10.5. The summed E-state index contributed by atoms with van der Waals surface area (Å²) in [7, 11) is 0. The van der Waals surface area contributed by atoms with Gasteiger partial charge in [-0.2, -0.15) is 0 Å². The molecule has 0 unspecified atom stereocenters. The summed E-state index contributed by atoms with van der Waals surface area (Å²) in [5.74, 6) is -0.569. The van der Waals surface area contributed by atoms with Crippen LogP contribution in [0.5, 0.6) is 0 Å². The van der Waals surface area contributed by atoms with Gasteiger partial charge in [-0.15, -0.1) is 0 Å². The van der Waals surface area contributed by atoms with Crippen molar-refractivity contribution < 1.29 is 14.7 Å². The molecule has 0 aromatic rings. The number of Topliss-reactive ketones (excluding diaryl/α,β-unsaturated/α-hetero) is 2. The van der Waals surface area contributed by atoms with Gasteiger partial charge in [0, 0.05) is 16.7 Å². The summed E-state index contributed by atoms with van der Waals surface area (Å²) in [5, 5.41) is 10.9. The average molecular weight is 387 g/mol. The van der Waals surface area contributed by atoms with Gasteiger partial charge < -0.3 is 5.11 Å². The van der Waals surface area contributed by atoms with E-state index in [4.69, 9.17) is 0 Å². The first-order valence-electron chi connectivity index (χ1n) is 10.7. The molecule has 156 valence electrons. The molecule has 3 nitrogen and oxygen atoms in total. The quantitative estimate of drug-likeness (QED) is 0.181. The minimum Gasteiger partial charge on any atom is -0.507 e. The number of rotatable bonds is 11. The van der Waals surface area contributed by atoms with E-state index in [-0.39, 0.29) is 11.3 Å². The SMILES string of the molecule is CCCCCC1=C(CC(C)C)C(O)=C(C/C=C(\C)CCC=C(C)C)C(=O)C1=O. The van der Waals surface area contributed by atoms with E-state index < -0.39 is 11.6 Å². The van der Waals surface area contributed by atoms with Crippen LogP contribution in [0.25, 0.3) is 0 Å². The van der Waals surface area contributed by atoms with Crippen LogP contribution in [0.3, 0.4) is 0 Å². The first kappa shape index (κ1) is 24.1. The van der Waals surface area contributed by atoms with Gasteiger partial charge in [0.15, 0.2) is 0 Å². The molecule has 1 rings (SSSR count). The molecule has 0 bridgehead atoms. The topological polar surface area (TPSA) is 54.4 Å². The molecule has 0 saturated heterocycles. The molecule has 3 heteroatoms. The van der Waals surface area contributed by atoms with Crippen LogP contribution in [0.2, 0.25) is 0 Å². The van der Waals surface area contributed by atoms with E-state index in [1.165, 1.54) is 11.1 Å². The van der Waals surface area contributed by atoms with Crippen LogP contribution in [-0.2, 0) is 9.59 Å². The summed E-state index contributed by atoms with van der Waals surface area (Å²) in [4.78, 5) is 25.5. The van der Waals surface area contributed by atoms with Gasteiger partial charge in [0.05, 0.1) is 0 Å². The molecule has 0 saturated carbocycles. The Hall–Kier alpha value is -1.90. The van der Waals surface area contributed by atoms with Crippen LogP contribution in [-0.4, -0.2) is 16.7 Å². The number of aliphatic hydroxyl groups excluding tert-OH is 1. The van der Waals surface area contributed by atoms with Crippen LogP contribution in [0, 0.1) is 5.92 Å². The number of unbranched alkanes of at least 4 members (excludes halogenated alkanes) is 2. The van der Waals surface area contributed by atoms with Gasteiger partial charge in [-0.05, 0) is 65.2 Å². The van der Waals surface area contributed by atoms with E-state index in [0.29, 0.717) is 36.3 Å². The molecule has 0 aromatic carbocycles. The Morgan fingerprint density at radius 1 is 0.964 bits per heavy atom. The highest BCUT2D eigenvalue weighted by Gasteiger charge is 2.34. The molecule has 1 N–H and O–H groups in total. The molecular weight excluding hydrogens is 348 g/mol. The standard InChI is InChI=1S/C25H38O3/c1-7-8-9-13-20-22(16-18(4)5)23(26)21(25(28)24(20)27)15-14-19(6)12-10-11-17(2)3/h11,14,18,26H,7-10,12-13,15-16H2,1-6H3/b19-14+. The maximum absolute atomic E-state index is 12.8. The smallest absolute Gasteiger partial charge is 0.233 e. The highest BCUT2D eigenvalue weighted by molar-refractivity contribution is 6.50. The van der Waals surface area contributed by atoms with Crippen molar-refractivity contribution in [2.75, 3.05) is 0 Å². The lowest BCUT2D eigenvalue weighted by Gasteiger charge is -2.22. The highest BCUT2D eigenvalue weighted by Crippen LogP contribution is 2.33. The summed E-state index contributed by atoms with van der Waals surface area (Å²) in [6.45, 7) is 12.4. The molecular formula is C25H38O3. The minimum atomic E-state index is -0.523. The number of hydrogen-bond donors (Lipinski definition) is 1. The first-order chi connectivity index (χ1) is 13.2. The Balaban J connectivity index is 3.11. The molecule has 0 heterocycles. The Kier molecular flexibility index (Phi) is 10.2. The third-order valence-corrected chi connectivity index (χ3v) is 5.08. The van der Waals surface area contributed by atoms with Gasteiger partial charge in [-0.3, -0.25) is 9.59 Å². The number of carbonyl (C=O) groups excluding carboxylic acids is 2. The van der Waals surface area contributed by atoms with Gasteiger partial charge in [0.1, 0.15) is 5.76 Å². The van der Waals surface area contributed by atoms with Gasteiger partial charge in [0.25, 0.3) is 0 Å². The number of ketones is 2. The van der Waals surface area contributed by atoms with E-state index >= 15 is 0 Å². The molecule has 0 amide bonds. The largest absolute Gasteiger partial charge is 0.507 e. The zero-order valence-corrected chi connectivity index (χ0v) is 18.7. The Morgan fingerprint density at radius 3 is 2.18 bits per heavy atom. The second-order valence-corrected chi connectivity index (χ2v) is 8.57. The maximum atomic E-state index is 12.8. The van der Waals surface area contributed by atoms with Crippen molar-refractivity contribution in [3.8, 4) is 0 Å². The molecule has 0 spiro atoms. The monoisotopic (exact) mass is 386 g/mol. The Bertz CT molecular complexity index is 695. The molecule has 0 radical (unpaired) electrons. The van der Waals surface area contributed by atoms with Crippen molar-refractivity contribution in [2.45, 2.75) is 92.9 Å². The van der Waals surface area contributed by atoms with Crippen LogP contribution in [0.1, 0.15) is 92.9 Å². The van der Waals surface area contributed by atoms with Crippen LogP contribution >= 0.6 is 0 Å². The molecule has 0 atom stereocenters. The maximum Gasteiger partial charge on any atom is 0.233 e. The van der Waals surface area contributed by atoms with E-state index in [1.807, 2.05) is 13.0 Å². The van der Waals surface area contributed by atoms with Crippen molar-refractivity contribution in [3.63, 3.8) is 0 Å². The predicted molar refractivity (Wildman–Crippen MR) is 117 cm³/mol. The van der Waals surface area contributed by atoms with Gasteiger partial charge in [-0.1, -0.05) is 56.9 Å². The van der Waals surface area contributed by atoms with Gasteiger partial charge >= 0.3 is 0 Å². The van der Waals surface area contributed by atoms with Crippen molar-refractivity contribution >= 4 is 11.6 Å². The van der Waals surface area contributed by atoms with Crippen molar-refractivity contribution in [1.29, 1.82) is 0 Å². The second kappa shape index (κ2) is 11.8. The minimum absolute atomic E-state index is 0.0538. The number of aliphatic hydroxyl groups is 1. The summed E-state index contributed by atoms with van der Waals surface area (Å²) in [5.41, 5.74) is 3.96. The fourth-order valence-corrected chi connectivity index (χ4v) is 3.44. The first-order valence-corrected chi connectivity index (χ1v) is 10.7. The lowest BCUT2D eigenvalue weighted by Crippen LogP contribution is -2.27. The fourth-order valence-electron chi connectivity index (χ4n) is 3.44. The predicted octanol–water partition coefficient (Wildman–Crippen LogP) is 6.96. The summed E-state index contributed by atoms with van der Waals surface area (Å²) in [6, 6.07) is 0. The van der Waals surface area contributed by atoms with Crippen molar-refractivity contribution in [1.82, 2.24) is 0 Å². The van der Waals surface area contributed by atoms with E-state index in [9.17, 15) is 14.7 Å². The number of carbonyl (C=O) groups is 2. The second-order valence-electron chi connectivity index (χ2n) is 8.57. The van der Waals surface area contributed by atoms with E-state index in [2.05, 4.69) is 40.7 Å². The van der Waals surface area contributed by atoms with Crippen LogP contribution < -0.4 is 0 Å². The third-order valence-electron chi connectivity index (χ3n) is 5.08. The molecule has 28 heavy (non-hydrogen) atoms. The van der Waals surface area contributed by atoms with Crippen molar-refractivity contribution in [3.05, 3.63) is 45.8 Å². The molecule has 1 aliphatic rings. The van der Waals surface area contributed by atoms with E-state index in [1.54, 1.807) is 0 Å². The van der Waals surface area contributed by atoms with Gasteiger partial charge in [0.2, 0.25) is 11.6 Å². The molecule has 0 aromatic heterocycles. The van der Waals surface area contributed by atoms with Crippen LogP contribution in [0.15, 0.2) is 45.8 Å². The number of hydrogen-bond acceptors (Lipinski definition) is 3. The highest BCUT2D eigenvalue weighted by atomic mass is 16.3. The lowest BCUT2D eigenvalue weighted by atomic mass is 9.81. The fraction of sp³-hybridized carbons (Fsp3) is 0.600. The zero-order valence-electron chi connectivity index (χ0n) is 18.7.